The van der Waals surface area contributed by atoms with Crippen LogP contribution in [0.1, 0.15) is 24.8 Å². The van der Waals surface area contributed by atoms with Crippen LogP contribution in [0.25, 0.3) is 0 Å². The van der Waals surface area contributed by atoms with Crippen LogP contribution in [-0.4, -0.2) is 17.3 Å². The summed E-state index contributed by atoms with van der Waals surface area (Å²) in [7, 11) is 0. The molecule has 4 heteroatoms. The van der Waals surface area contributed by atoms with Crippen molar-refractivity contribution < 1.29 is 5.11 Å². The molecule has 0 saturated heterocycles. The van der Waals surface area contributed by atoms with E-state index in [2.05, 4.69) is 5.32 Å². The van der Waals surface area contributed by atoms with Gasteiger partial charge in [-0.25, -0.2) is 0 Å². The van der Waals surface area contributed by atoms with E-state index in [0.29, 0.717) is 10.6 Å². The average Bonchev–Trinajstić information content (AvgIpc) is 2.65. The molecule has 1 aliphatic carbocycles. The molecule has 0 aromatic heterocycles. The van der Waals surface area contributed by atoms with Gasteiger partial charge in [-0.3, -0.25) is 0 Å². The normalized spacial score (nSPS) is 24.1. The van der Waals surface area contributed by atoms with Crippen LogP contribution < -0.4 is 5.32 Å². The van der Waals surface area contributed by atoms with Crippen LogP contribution in [0.3, 0.4) is 0 Å². The third-order valence-electron chi connectivity index (χ3n) is 2.92. The number of hydrogen-bond acceptors (Lipinski definition) is 3. The molecule has 1 aromatic carbocycles. The fraction of sp³-hybridized carbons (Fsp3) is 0.417. The molecule has 84 valence electrons. The lowest BCUT2D eigenvalue weighted by Gasteiger charge is -2.17. The molecule has 3 nitrogen and oxygen atoms in total. The number of halogens is 1. The monoisotopic (exact) mass is 236 g/mol. The zero-order valence-electron chi connectivity index (χ0n) is 8.78. The van der Waals surface area contributed by atoms with Crippen molar-refractivity contribution in [3.63, 3.8) is 0 Å². The minimum Gasteiger partial charge on any atom is -0.391 e. The molecule has 0 bridgehead atoms. The van der Waals surface area contributed by atoms with Gasteiger partial charge in [0.1, 0.15) is 6.07 Å². The molecule has 0 radical (unpaired) electrons. The predicted octanol–water partition coefficient (Wildman–Crippen LogP) is 2.54. The number of nitrogens with one attached hydrogen (secondary N) is 1. The highest BCUT2D eigenvalue weighted by molar-refractivity contribution is 6.32. The molecule has 1 aliphatic rings. The molecular weight excluding hydrogens is 224 g/mol. The van der Waals surface area contributed by atoms with Gasteiger partial charge in [-0.1, -0.05) is 11.6 Å². The third-order valence-corrected chi connectivity index (χ3v) is 3.23. The minimum absolute atomic E-state index is 0.101. The molecular formula is C12H13ClN2O. The van der Waals surface area contributed by atoms with Crippen molar-refractivity contribution in [1.29, 1.82) is 5.26 Å². The molecule has 2 atom stereocenters. The molecule has 1 saturated carbocycles. The fourth-order valence-electron chi connectivity index (χ4n) is 2.02. The Morgan fingerprint density at radius 1 is 1.44 bits per heavy atom. The van der Waals surface area contributed by atoms with Crippen molar-refractivity contribution in [3.8, 4) is 6.07 Å². The van der Waals surface area contributed by atoms with E-state index in [0.717, 1.165) is 24.9 Å². The number of hydrogen-bond donors (Lipinski definition) is 2. The van der Waals surface area contributed by atoms with Gasteiger partial charge < -0.3 is 10.4 Å². The van der Waals surface area contributed by atoms with E-state index < -0.39 is 0 Å². The summed E-state index contributed by atoms with van der Waals surface area (Å²) in [6.07, 6.45) is 2.58. The first kappa shape index (κ1) is 11.3. The predicted molar refractivity (Wildman–Crippen MR) is 63.4 cm³/mol. The van der Waals surface area contributed by atoms with Gasteiger partial charge in [0, 0.05) is 5.69 Å². The Bertz CT molecular complexity index is 428. The van der Waals surface area contributed by atoms with Crippen LogP contribution in [0, 0.1) is 11.3 Å². The molecule has 2 rings (SSSR count). The van der Waals surface area contributed by atoms with Gasteiger partial charge in [0.2, 0.25) is 0 Å². The lowest BCUT2D eigenvalue weighted by atomic mass is 10.1. The molecule has 0 amide bonds. The van der Waals surface area contributed by atoms with Gasteiger partial charge in [0.15, 0.2) is 0 Å². The largest absolute Gasteiger partial charge is 0.391 e. The minimum atomic E-state index is -0.283. The molecule has 0 spiro atoms. The Morgan fingerprint density at radius 3 is 2.81 bits per heavy atom. The van der Waals surface area contributed by atoms with Gasteiger partial charge in [0.25, 0.3) is 0 Å². The van der Waals surface area contributed by atoms with Crippen LogP contribution in [0.4, 0.5) is 5.69 Å². The third kappa shape index (κ3) is 2.29. The summed E-state index contributed by atoms with van der Waals surface area (Å²) in [5, 5.41) is 22.1. The number of anilines is 1. The van der Waals surface area contributed by atoms with Crippen LogP contribution in [0.15, 0.2) is 18.2 Å². The maximum absolute atomic E-state index is 9.67. The van der Waals surface area contributed by atoms with Crippen molar-refractivity contribution in [1.82, 2.24) is 0 Å². The zero-order chi connectivity index (χ0) is 11.5. The van der Waals surface area contributed by atoms with Crippen LogP contribution in [0.5, 0.6) is 0 Å². The molecule has 1 fully saturated rings. The SMILES string of the molecule is N#Cc1ccc(N[C@H]2CCC[C@@H]2O)cc1Cl. The highest BCUT2D eigenvalue weighted by Gasteiger charge is 2.24. The first-order chi connectivity index (χ1) is 7.70. The summed E-state index contributed by atoms with van der Waals surface area (Å²) < 4.78 is 0. The van der Waals surface area contributed by atoms with Crippen molar-refractivity contribution in [3.05, 3.63) is 28.8 Å². The maximum Gasteiger partial charge on any atom is 0.101 e. The van der Waals surface area contributed by atoms with E-state index in [1.54, 1.807) is 12.1 Å². The quantitative estimate of drug-likeness (QED) is 0.830. The summed E-state index contributed by atoms with van der Waals surface area (Å²) in [6, 6.07) is 7.35. The van der Waals surface area contributed by atoms with E-state index in [-0.39, 0.29) is 12.1 Å². The van der Waals surface area contributed by atoms with Gasteiger partial charge in [-0.15, -0.1) is 0 Å². The van der Waals surface area contributed by atoms with Crippen molar-refractivity contribution in [2.75, 3.05) is 5.32 Å². The zero-order valence-corrected chi connectivity index (χ0v) is 9.54. The van der Waals surface area contributed by atoms with Crippen LogP contribution in [-0.2, 0) is 0 Å². The Morgan fingerprint density at radius 2 is 2.25 bits per heavy atom. The smallest absolute Gasteiger partial charge is 0.101 e. The average molecular weight is 237 g/mol. The van der Waals surface area contributed by atoms with Crippen molar-refractivity contribution in [2.24, 2.45) is 0 Å². The molecule has 1 aromatic rings. The second-order valence-corrected chi connectivity index (χ2v) is 4.46. The van der Waals surface area contributed by atoms with Crippen molar-refractivity contribution in [2.45, 2.75) is 31.4 Å². The second-order valence-electron chi connectivity index (χ2n) is 4.06. The Balaban J connectivity index is 2.11. The van der Waals surface area contributed by atoms with E-state index in [4.69, 9.17) is 16.9 Å². The lowest BCUT2D eigenvalue weighted by Crippen LogP contribution is -2.27. The number of aliphatic hydroxyl groups excluding tert-OH is 1. The van der Waals surface area contributed by atoms with Crippen LogP contribution >= 0.6 is 11.6 Å². The first-order valence-electron chi connectivity index (χ1n) is 5.35. The first-order valence-corrected chi connectivity index (χ1v) is 5.73. The van der Waals surface area contributed by atoms with Crippen LogP contribution in [0.2, 0.25) is 5.02 Å². The topological polar surface area (TPSA) is 56.0 Å². The van der Waals surface area contributed by atoms with Gasteiger partial charge in [-0.05, 0) is 37.5 Å². The molecule has 0 aliphatic heterocycles. The van der Waals surface area contributed by atoms with E-state index in [1.807, 2.05) is 12.1 Å². The van der Waals surface area contributed by atoms with Gasteiger partial charge in [-0.2, -0.15) is 5.26 Å². The van der Waals surface area contributed by atoms with E-state index >= 15 is 0 Å². The maximum atomic E-state index is 9.67. The van der Waals surface area contributed by atoms with E-state index in [1.165, 1.54) is 0 Å². The van der Waals surface area contributed by atoms with Gasteiger partial charge >= 0.3 is 0 Å². The number of rotatable bonds is 2. The summed E-state index contributed by atoms with van der Waals surface area (Å²) in [5.41, 5.74) is 1.33. The van der Waals surface area contributed by atoms with Crippen molar-refractivity contribution >= 4 is 17.3 Å². The highest BCUT2D eigenvalue weighted by atomic mass is 35.5. The summed E-state index contributed by atoms with van der Waals surface area (Å²) >= 11 is 5.93. The Labute approximate surface area is 99.7 Å². The summed E-state index contributed by atoms with van der Waals surface area (Å²) in [4.78, 5) is 0. The summed E-state index contributed by atoms with van der Waals surface area (Å²) in [6.45, 7) is 0. The number of nitriles is 1. The van der Waals surface area contributed by atoms with E-state index in [9.17, 15) is 5.11 Å². The highest BCUT2D eigenvalue weighted by Crippen LogP contribution is 2.25. The van der Waals surface area contributed by atoms with Gasteiger partial charge in [0.05, 0.1) is 22.7 Å². The molecule has 0 heterocycles. The molecule has 16 heavy (non-hydrogen) atoms. The molecule has 2 N–H and O–H groups in total. The second kappa shape index (κ2) is 4.73. The Kier molecular flexibility index (Phi) is 3.33. The fourth-order valence-corrected chi connectivity index (χ4v) is 2.24. The standard InChI is InChI=1S/C12H13ClN2O/c13-10-6-9(5-4-8(10)7-14)15-11-2-1-3-12(11)16/h4-6,11-12,15-16H,1-3H2/t11-,12-/m0/s1. The Hall–Kier alpha value is -1.24. The number of benzene rings is 1. The lowest BCUT2D eigenvalue weighted by molar-refractivity contribution is 0.172. The molecule has 0 unspecified atom stereocenters. The number of nitrogens with zero attached hydrogens (tertiary/aromatic N) is 1. The number of aliphatic hydroxyl groups is 1. The summed E-state index contributed by atoms with van der Waals surface area (Å²) in [5.74, 6) is 0.